The first-order valence-corrected chi connectivity index (χ1v) is 6.67. The summed E-state index contributed by atoms with van der Waals surface area (Å²) in [5.41, 5.74) is -0.877. The van der Waals surface area contributed by atoms with Crippen LogP contribution in [0.5, 0.6) is 0 Å². The number of halogens is 2. The number of carbonyl (C=O) groups excluding carboxylic acids is 2. The second-order valence-electron chi connectivity index (χ2n) is 4.49. The number of amides is 1. The molecular formula is C13H13Cl2NO4. The van der Waals surface area contributed by atoms with E-state index in [4.69, 9.17) is 32.7 Å². The molecule has 0 saturated carbocycles. The number of ether oxygens (including phenoxy) is 2. The lowest BCUT2D eigenvalue weighted by atomic mass is 9.98. The molecule has 0 spiro atoms. The monoisotopic (exact) mass is 317 g/mol. The number of benzene rings is 1. The maximum Gasteiger partial charge on any atom is 0.334 e. The van der Waals surface area contributed by atoms with E-state index in [2.05, 4.69) is 5.32 Å². The lowest BCUT2D eigenvalue weighted by molar-refractivity contribution is -0.148. The molecule has 1 heterocycles. The average Bonchev–Trinajstić information content (AvgIpc) is 2.86. The maximum absolute atomic E-state index is 12.2. The minimum atomic E-state index is -1.15. The van der Waals surface area contributed by atoms with E-state index in [0.717, 1.165) is 0 Å². The standard InChI is InChI=1S/C13H13Cl2NO4/c1-19-12(18)13(2-3-20-7-13)16-11(17)8-4-9(14)6-10(15)5-8/h4-6H,2-3,7H2,1H3,(H,16,17). The highest BCUT2D eigenvalue weighted by Crippen LogP contribution is 2.23. The Morgan fingerprint density at radius 3 is 2.45 bits per heavy atom. The van der Waals surface area contributed by atoms with Crippen LogP contribution in [0.3, 0.4) is 0 Å². The highest BCUT2D eigenvalue weighted by Gasteiger charge is 2.45. The molecule has 0 aliphatic carbocycles. The zero-order valence-corrected chi connectivity index (χ0v) is 12.3. The van der Waals surface area contributed by atoms with Gasteiger partial charge >= 0.3 is 5.97 Å². The summed E-state index contributed by atoms with van der Waals surface area (Å²) in [6.07, 6.45) is 0.361. The van der Waals surface area contributed by atoms with E-state index in [0.29, 0.717) is 23.1 Å². The van der Waals surface area contributed by atoms with Gasteiger partial charge in [0.15, 0.2) is 5.54 Å². The van der Waals surface area contributed by atoms with Crippen LogP contribution in [0.25, 0.3) is 0 Å². The van der Waals surface area contributed by atoms with E-state index in [9.17, 15) is 9.59 Å². The molecule has 5 nitrogen and oxygen atoms in total. The predicted molar refractivity (Wildman–Crippen MR) is 74.1 cm³/mol. The topological polar surface area (TPSA) is 64.6 Å². The second kappa shape index (κ2) is 5.99. The smallest absolute Gasteiger partial charge is 0.334 e. The Bertz CT molecular complexity index is 521. The molecule has 1 aromatic rings. The number of nitrogens with one attached hydrogen (secondary N) is 1. The highest BCUT2D eigenvalue weighted by molar-refractivity contribution is 6.35. The molecule has 20 heavy (non-hydrogen) atoms. The number of esters is 1. The molecule has 1 unspecified atom stereocenters. The van der Waals surface area contributed by atoms with Gasteiger partial charge in [0.2, 0.25) is 0 Å². The van der Waals surface area contributed by atoms with Crippen LogP contribution in [0.1, 0.15) is 16.8 Å². The normalized spacial score (nSPS) is 21.6. The first kappa shape index (κ1) is 15.1. The van der Waals surface area contributed by atoms with E-state index in [1.165, 1.54) is 25.3 Å². The zero-order valence-electron chi connectivity index (χ0n) is 10.7. The third-order valence-corrected chi connectivity index (χ3v) is 3.51. The van der Waals surface area contributed by atoms with Gasteiger partial charge in [-0.1, -0.05) is 23.2 Å². The molecule has 2 rings (SSSR count). The Labute approximate surface area is 126 Å². The number of carbonyl (C=O) groups is 2. The van der Waals surface area contributed by atoms with E-state index >= 15 is 0 Å². The Hall–Kier alpha value is -1.30. The molecule has 1 aliphatic heterocycles. The molecule has 1 atom stereocenters. The van der Waals surface area contributed by atoms with Gasteiger partial charge < -0.3 is 14.8 Å². The Kier molecular flexibility index (Phi) is 4.52. The fourth-order valence-corrected chi connectivity index (χ4v) is 2.57. The van der Waals surface area contributed by atoms with Crippen molar-refractivity contribution in [2.45, 2.75) is 12.0 Å². The molecule has 1 saturated heterocycles. The van der Waals surface area contributed by atoms with Crippen LogP contribution in [0.15, 0.2) is 18.2 Å². The van der Waals surface area contributed by atoms with Crippen molar-refractivity contribution in [3.8, 4) is 0 Å². The van der Waals surface area contributed by atoms with E-state index in [-0.39, 0.29) is 12.2 Å². The van der Waals surface area contributed by atoms with Crippen LogP contribution >= 0.6 is 23.2 Å². The van der Waals surface area contributed by atoms with Crippen molar-refractivity contribution in [2.24, 2.45) is 0 Å². The molecule has 1 amide bonds. The average molecular weight is 318 g/mol. The van der Waals surface area contributed by atoms with Crippen LogP contribution in [-0.4, -0.2) is 37.7 Å². The van der Waals surface area contributed by atoms with Gasteiger partial charge in [0.05, 0.1) is 13.7 Å². The van der Waals surface area contributed by atoms with Gasteiger partial charge in [-0.3, -0.25) is 4.79 Å². The van der Waals surface area contributed by atoms with Gasteiger partial charge in [-0.2, -0.15) is 0 Å². The van der Waals surface area contributed by atoms with Crippen molar-refractivity contribution in [2.75, 3.05) is 20.3 Å². The summed E-state index contributed by atoms with van der Waals surface area (Å²) in [6, 6.07) is 4.47. The summed E-state index contributed by atoms with van der Waals surface area (Å²) in [6.45, 7) is 0.464. The summed E-state index contributed by atoms with van der Waals surface area (Å²) in [7, 11) is 1.27. The Balaban J connectivity index is 2.22. The van der Waals surface area contributed by atoms with Gasteiger partial charge in [-0.25, -0.2) is 4.79 Å². The van der Waals surface area contributed by atoms with Crippen molar-refractivity contribution in [3.05, 3.63) is 33.8 Å². The van der Waals surface area contributed by atoms with Crippen molar-refractivity contribution in [1.29, 1.82) is 0 Å². The summed E-state index contributed by atoms with van der Waals surface area (Å²) in [4.78, 5) is 24.1. The van der Waals surface area contributed by atoms with Gasteiger partial charge in [0.1, 0.15) is 0 Å². The van der Waals surface area contributed by atoms with Gasteiger partial charge in [0.25, 0.3) is 5.91 Å². The summed E-state index contributed by atoms with van der Waals surface area (Å²) in [5, 5.41) is 3.35. The summed E-state index contributed by atoms with van der Waals surface area (Å²) in [5.74, 6) is -0.984. The number of hydrogen-bond donors (Lipinski definition) is 1. The largest absolute Gasteiger partial charge is 0.467 e. The quantitative estimate of drug-likeness (QED) is 0.867. The molecule has 108 valence electrons. The van der Waals surface area contributed by atoms with Gasteiger partial charge in [0, 0.05) is 28.6 Å². The molecule has 7 heteroatoms. The lowest BCUT2D eigenvalue weighted by Crippen LogP contribution is -2.55. The predicted octanol–water partition coefficient (Wildman–Crippen LogP) is 2.06. The molecule has 1 fully saturated rings. The van der Waals surface area contributed by atoms with E-state index in [1.54, 1.807) is 0 Å². The molecule has 0 aromatic heterocycles. The number of methoxy groups -OCH3 is 1. The van der Waals surface area contributed by atoms with Gasteiger partial charge in [-0.05, 0) is 18.2 Å². The second-order valence-corrected chi connectivity index (χ2v) is 5.36. The zero-order chi connectivity index (χ0) is 14.8. The highest BCUT2D eigenvalue weighted by atomic mass is 35.5. The number of hydrogen-bond acceptors (Lipinski definition) is 4. The maximum atomic E-state index is 12.2. The molecular weight excluding hydrogens is 305 g/mol. The molecule has 0 bridgehead atoms. The van der Waals surface area contributed by atoms with Crippen LogP contribution in [0.4, 0.5) is 0 Å². The lowest BCUT2D eigenvalue weighted by Gasteiger charge is -2.25. The SMILES string of the molecule is COC(=O)C1(NC(=O)c2cc(Cl)cc(Cl)c2)CCOC1. The van der Waals surface area contributed by atoms with Crippen LogP contribution in [0.2, 0.25) is 10.0 Å². The Morgan fingerprint density at radius 2 is 1.95 bits per heavy atom. The van der Waals surface area contributed by atoms with E-state index < -0.39 is 17.4 Å². The minimum absolute atomic E-state index is 0.0830. The minimum Gasteiger partial charge on any atom is -0.467 e. The molecule has 1 N–H and O–H groups in total. The third-order valence-electron chi connectivity index (χ3n) is 3.08. The molecule has 1 aromatic carbocycles. The first-order chi connectivity index (χ1) is 9.47. The summed E-state index contributed by atoms with van der Waals surface area (Å²) < 4.78 is 9.94. The van der Waals surface area contributed by atoms with Crippen molar-refractivity contribution >= 4 is 35.1 Å². The Morgan fingerprint density at radius 1 is 1.30 bits per heavy atom. The number of rotatable bonds is 3. The first-order valence-electron chi connectivity index (χ1n) is 5.92. The van der Waals surface area contributed by atoms with Crippen molar-refractivity contribution in [1.82, 2.24) is 5.32 Å². The van der Waals surface area contributed by atoms with Crippen LogP contribution in [-0.2, 0) is 14.3 Å². The third kappa shape index (κ3) is 3.06. The van der Waals surface area contributed by atoms with Gasteiger partial charge in [-0.15, -0.1) is 0 Å². The van der Waals surface area contributed by atoms with Crippen molar-refractivity contribution in [3.63, 3.8) is 0 Å². The fraction of sp³-hybridized carbons (Fsp3) is 0.385. The summed E-state index contributed by atoms with van der Waals surface area (Å²) >= 11 is 11.7. The van der Waals surface area contributed by atoms with E-state index in [1.807, 2.05) is 0 Å². The van der Waals surface area contributed by atoms with Crippen LogP contribution in [0, 0.1) is 0 Å². The fourth-order valence-electron chi connectivity index (χ4n) is 2.05. The van der Waals surface area contributed by atoms with Crippen molar-refractivity contribution < 1.29 is 19.1 Å². The van der Waals surface area contributed by atoms with Crippen LogP contribution < -0.4 is 5.32 Å². The molecule has 0 radical (unpaired) electrons. The molecule has 1 aliphatic rings.